The summed E-state index contributed by atoms with van der Waals surface area (Å²) in [5, 5.41) is 0.545. The first-order valence-electron chi connectivity index (χ1n) is 6.13. The molecule has 18 heavy (non-hydrogen) atoms. The van der Waals surface area contributed by atoms with Gasteiger partial charge in [0.05, 0.1) is 14.2 Å². The van der Waals surface area contributed by atoms with Crippen LogP contribution in [0.5, 0.6) is 5.75 Å². The molecule has 1 aliphatic carbocycles. The van der Waals surface area contributed by atoms with Gasteiger partial charge in [-0.1, -0.05) is 25.4 Å². The van der Waals surface area contributed by atoms with Crippen molar-refractivity contribution >= 4 is 17.6 Å². The molecule has 0 heterocycles. The Morgan fingerprint density at radius 2 is 1.89 bits per heavy atom. The highest BCUT2D eigenvalue weighted by atomic mass is 35.5. The van der Waals surface area contributed by atoms with E-state index in [2.05, 4.69) is 0 Å². The van der Waals surface area contributed by atoms with E-state index in [-0.39, 0.29) is 0 Å². The fourth-order valence-electron chi connectivity index (χ4n) is 1.80. The first-order valence-corrected chi connectivity index (χ1v) is 6.51. The van der Waals surface area contributed by atoms with E-state index in [0.717, 1.165) is 18.4 Å². The Labute approximate surface area is 113 Å². The molecule has 0 aromatic heterocycles. The minimum absolute atomic E-state index is 0.402. The molecule has 4 heteroatoms. The van der Waals surface area contributed by atoms with Crippen LogP contribution in [0.2, 0.25) is 5.02 Å². The van der Waals surface area contributed by atoms with Crippen molar-refractivity contribution in [3.05, 3.63) is 28.3 Å². The lowest BCUT2D eigenvalue weighted by Crippen LogP contribution is -2.06. The maximum absolute atomic E-state index is 11.6. The third-order valence-electron chi connectivity index (χ3n) is 2.71. The number of ether oxygens (including phenoxy) is 2. The van der Waals surface area contributed by atoms with E-state index in [1.807, 2.05) is 19.9 Å². The molecule has 1 aliphatic rings. The zero-order chi connectivity index (χ0) is 13.7. The van der Waals surface area contributed by atoms with Crippen molar-refractivity contribution < 1.29 is 14.3 Å². The number of hydrogen-bond donors (Lipinski definition) is 0. The molecular weight excluding hydrogens is 252 g/mol. The fraction of sp³-hybridized carbons (Fsp3) is 0.500. The molecule has 0 unspecified atom stereocenters. The van der Waals surface area contributed by atoms with Gasteiger partial charge in [0.1, 0.15) is 11.3 Å². The molecule has 100 valence electrons. The van der Waals surface area contributed by atoms with Crippen molar-refractivity contribution in [3.8, 4) is 5.75 Å². The Morgan fingerprint density at radius 1 is 1.28 bits per heavy atom. The highest BCUT2D eigenvalue weighted by molar-refractivity contribution is 6.31. The highest BCUT2D eigenvalue weighted by Crippen LogP contribution is 2.46. The van der Waals surface area contributed by atoms with Crippen LogP contribution >= 0.6 is 11.6 Å². The largest absolute Gasteiger partial charge is 0.496 e. The number of halogens is 1. The van der Waals surface area contributed by atoms with Crippen molar-refractivity contribution in [1.29, 1.82) is 0 Å². The van der Waals surface area contributed by atoms with Crippen LogP contribution < -0.4 is 4.74 Å². The van der Waals surface area contributed by atoms with Gasteiger partial charge in [-0.15, -0.1) is 0 Å². The van der Waals surface area contributed by atoms with Crippen LogP contribution in [0.4, 0.5) is 0 Å². The second-order valence-electron chi connectivity index (χ2n) is 3.84. The van der Waals surface area contributed by atoms with E-state index < -0.39 is 5.97 Å². The summed E-state index contributed by atoms with van der Waals surface area (Å²) in [6.45, 7) is 4.00. The van der Waals surface area contributed by atoms with Crippen molar-refractivity contribution in [2.45, 2.75) is 32.6 Å². The molecule has 3 nitrogen and oxygen atoms in total. The monoisotopic (exact) mass is 270 g/mol. The zero-order valence-corrected chi connectivity index (χ0v) is 12.0. The molecule has 1 aromatic rings. The van der Waals surface area contributed by atoms with Gasteiger partial charge in [0, 0.05) is 5.02 Å². The number of carbonyl (C=O) groups is 1. The summed E-state index contributed by atoms with van der Waals surface area (Å²) >= 11 is 5.99. The van der Waals surface area contributed by atoms with Crippen LogP contribution in [0.3, 0.4) is 0 Å². The van der Waals surface area contributed by atoms with E-state index in [1.54, 1.807) is 13.2 Å². The Bertz CT molecular complexity index is 425. The van der Waals surface area contributed by atoms with Gasteiger partial charge in [-0.3, -0.25) is 0 Å². The Morgan fingerprint density at radius 3 is 2.33 bits per heavy atom. The standard InChI is InChI=1S/C12H13ClO3.C2H6/c1-15-11-9(7-3-4-7)5-8(13)6-10(11)12(14)16-2;1-2/h5-7H,3-4H2,1-2H3;1-2H3. The average Bonchev–Trinajstić information content (AvgIpc) is 3.23. The number of rotatable bonds is 3. The number of methoxy groups -OCH3 is 2. The molecule has 1 saturated carbocycles. The van der Waals surface area contributed by atoms with Gasteiger partial charge >= 0.3 is 5.97 Å². The van der Waals surface area contributed by atoms with Gasteiger partial charge in [0.15, 0.2) is 0 Å². The average molecular weight is 271 g/mol. The summed E-state index contributed by atoms with van der Waals surface area (Å²) in [6, 6.07) is 3.45. The van der Waals surface area contributed by atoms with E-state index in [4.69, 9.17) is 21.1 Å². The van der Waals surface area contributed by atoms with Crippen LogP contribution in [0.25, 0.3) is 0 Å². The molecule has 1 fully saturated rings. The summed E-state index contributed by atoms with van der Waals surface area (Å²) < 4.78 is 10.0. The second kappa shape index (κ2) is 6.64. The number of hydrogen-bond acceptors (Lipinski definition) is 3. The van der Waals surface area contributed by atoms with Gasteiger partial charge in [0.2, 0.25) is 0 Å². The predicted octanol–water partition coefficient (Wildman–Crippen LogP) is 4.04. The van der Waals surface area contributed by atoms with Crippen LogP contribution in [-0.2, 0) is 4.74 Å². The second-order valence-corrected chi connectivity index (χ2v) is 4.28. The predicted molar refractivity (Wildman–Crippen MR) is 72.7 cm³/mol. The van der Waals surface area contributed by atoms with Crippen LogP contribution in [-0.4, -0.2) is 20.2 Å². The van der Waals surface area contributed by atoms with Gasteiger partial charge < -0.3 is 9.47 Å². The Kier molecular flexibility index (Phi) is 5.48. The molecule has 1 aromatic carbocycles. The smallest absolute Gasteiger partial charge is 0.341 e. The van der Waals surface area contributed by atoms with Crippen LogP contribution in [0.15, 0.2) is 12.1 Å². The lowest BCUT2D eigenvalue weighted by atomic mass is 10.0. The molecular formula is C14H19ClO3. The van der Waals surface area contributed by atoms with Gasteiger partial charge in [-0.25, -0.2) is 4.79 Å². The topological polar surface area (TPSA) is 35.5 Å². The van der Waals surface area contributed by atoms with Crippen molar-refractivity contribution in [1.82, 2.24) is 0 Å². The fourth-order valence-corrected chi connectivity index (χ4v) is 2.03. The summed E-state index contributed by atoms with van der Waals surface area (Å²) in [6.07, 6.45) is 2.24. The molecule has 0 saturated heterocycles. The lowest BCUT2D eigenvalue weighted by molar-refractivity contribution is 0.0597. The van der Waals surface area contributed by atoms with Gasteiger partial charge in [-0.2, -0.15) is 0 Å². The quantitative estimate of drug-likeness (QED) is 0.778. The number of benzene rings is 1. The van der Waals surface area contributed by atoms with E-state index >= 15 is 0 Å². The number of carbonyl (C=O) groups excluding carboxylic acids is 1. The van der Waals surface area contributed by atoms with Gasteiger partial charge in [-0.05, 0) is 36.5 Å². The SMILES string of the molecule is CC.COC(=O)c1cc(Cl)cc(C2CC2)c1OC. The normalized spacial score (nSPS) is 13.4. The van der Waals surface area contributed by atoms with Crippen LogP contribution in [0, 0.1) is 0 Å². The molecule has 2 rings (SSSR count). The maximum Gasteiger partial charge on any atom is 0.341 e. The summed E-state index contributed by atoms with van der Waals surface area (Å²) in [5.41, 5.74) is 1.41. The first-order chi connectivity index (χ1) is 8.67. The molecule has 0 spiro atoms. The van der Waals surface area contributed by atoms with E-state index in [9.17, 15) is 4.79 Å². The summed E-state index contributed by atoms with van der Waals surface area (Å²) in [5.74, 6) is 0.650. The Balaban J connectivity index is 0.000000771. The summed E-state index contributed by atoms with van der Waals surface area (Å²) in [4.78, 5) is 11.6. The molecule has 0 amide bonds. The molecule has 0 aliphatic heterocycles. The third-order valence-corrected chi connectivity index (χ3v) is 2.93. The van der Waals surface area contributed by atoms with Gasteiger partial charge in [0.25, 0.3) is 0 Å². The molecule has 0 radical (unpaired) electrons. The molecule has 0 N–H and O–H groups in total. The maximum atomic E-state index is 11.6. The zero-order valence-electron chi connectivity index (χ0n) is 11.2. The highest BCUT2D eigenvalue weighted by Gasteiger charge is 2.30. The number of esters is 1. The molecule has 0 atom stereocenters. The Hall–Kier alpha value is -1.22. The van der Waals surface area contributed by atoms with E-state index in [0.29, 0.717) is 22.3 Å². The first kappa shape index (κ1) is 14.8. The van der Waals surface area contributed by atoms with Crippen molar-refractivity contribution in [2.24, 2.45) is 0 Å². The van der Waals surface area contributed by atoms with Crippen molar-refractivity contribution in [2.75, 3.05) is 14.2 Å². The van der Waals surface area contributed by atoms with Crippen LogP contribution in [0.1, 0.15) is 48.5 Å². The summed E-state index contributed by atoms with van der Waals surface area (Å²) in [7, 11) is 2.90. The molecule has 0 bridgehead atoms. The minimum atomic E-state index is -0.416. The minimum Gasteiger partial charge on any atom is -0.496 e. The third kappa shape index (κ3) is 3.16. The van der Waals surface area contributed by atoms with E-state index in [1.165, 1.54) is 7.11 Å². The lowest BCUT2D eigenvalue weighted by Gasteiger charge is -2.12. The van der Waals surface area contributed by atoms with Crippen molar-refractivity contribution in [3.63, 3.8) is 0 Å².